The third-order valence-corrected chi connectivity index (χ3v) is 4.96. The van der Waals surface area contributed by atoms with Crippen molar-refractivity contribution in [2.75, 3.05) is 6.54 Å². The monoisotopic (exact) mass is 286 g/mol. The topological polar surface area (TPSA) is 15.6 Å². The lowest BCUT2D eigenvalue weighted by molar-refractivity contribution is 0.554. The van der Waals surface area contributed by atoms with Crippen LogP contribution < -0.4 is 0 Å². The van der Waals surface area contributed by atoms with Crippen molar-refractivity contribution in [3.63, 3.8) is 0 Å². The molecule has 0 fully saturated rings. The molecule has 0 radical (unpaired) electrons. The molecule has 2 aliphatic rings. The van der Waals surface area contributed by atoms with Crippen LogP contribution in [0.15, 0.2) is 46.4 Å². The van der Waals surface area contributed by atoms with Gasteiger partial charge in [0.05, 0.1) is 12.6 Å². The molecular weight excluding hydrogens is 264 g/mol. The number of benzene rings is 1. The van der Waals surface area contributed by atoms with Crippen LogP contribution in [0.3, 0.4) is 0 Å². The Kier molecular flexibility index (Phi) is 4.46. The molecular formula is C17H22N2S. The van der Waals surface area contributed by atoms with Crippen LogP contribution in [0.4, 0.5) is 0 Å². The Labute approximate surface area is 126 Å². The predicted molar refractivity (Wildman–Crippen MR) is 87.8 cm³/mol. The molecule has 1 aromatic rings. The maximum absolute atomic E-state index is 4.87. The van der Waals surface area contributed by atoms with E-state index in [1.807, 2.05) is 11.8 Å². The Morgan fingerprint density at radius 2 is 2.05 bits per heavy atom. The van der Waals surface area contributed by atoms with Crippen molar-refractivity contribution in [3.8, 4) is 0 Å². The van der Waals surface area contributed by atoms with Gasteiger partial charge < -0.3 is 4.90 Å². The summed E-state index contributed by atoms with van der Waals surface area (Å²) in [5.74, 6) is 0. The Morgan fingerprint density at radius 3 is 2.80 bits per heavy atom. The van der Waals surface area contributed by atoms with E-state index in [-0.39, 0.29) is 0 Å². The first-order valence-electron chi connectivity index (χ1n) is 7.65. The first-order chi connectivity index (χ1) is 9.86. The first kappa shape index (κ1) is 13.7. The van der Waals surface area contributed by atoms with Gasteiger partial charge in [0.1, 0.15) is 0 Å². The fourth-order valence-electron chi connectivity index (χ4n) is 2.72. The van der Waals surface area contributed by atoms with Crippen molar-refractivity contribution < 1.29 is 0 Å². The second-order valence-corrected chi connectivity index (χ2v) is 6.59. The van der Waals surface area contributed by atoms with Crippen LogP contribution in [-0.4, -0.2) is 16.6 Å². The molecule has 1 aromatic carbocycles. The second kappa shape index (κ2) is 6.49. The third kappa shape index (κ3) is 3.09. The number of hydrogen-bond acceptors (Lipinski definition) is 3. The number of rotatable bonds is 6. The summed E-state index contributed by atoms with van der Waals surface area (Å²) < 4.78 is 0. The Bertz CT molecular complexity index is 507. The van der Waals surface area contributed by atoms with E-state index in [2.05, 4.69) is 48.4 Å². The highest BCUT2D eigenvalue weighted by Gasteiger charge is 2.30. The molecule has 0 N–H and O–H groups in total. The maximum Gasteiger partial charge on any atom is 0.168 e. The van der Waals surface area contributed by atoms with Gasteiger partial charge in [0, 0.05) is 11.1 Å². The van der Waals surface area contributed by atoms with Gasteiger partial charge in [0.2, 0.25) is 0 Å². The van der Waals surface area contributed by atoms with Crippen LogP contribution >= 0.6 is 11.8 Å². The molecule has 2 nitrogen and oxygen atoms in total. The maximum atomic E-state index is 4.87. The number of allylic oxidation sites excluding steroid dienone is 1. The zero-order valence-corrected chi connectivity index (χ0v) is 12.9. The molecule has 1 atom stereocenters. The van der Waals surface area contributed by atoms with E-state index in [4.69, 9.17) is 4.99 Å². The van der Waals surface area contributed by atoms with Gasteiger partial charge in [-0.2, -0.15) is 0 Å². The molecule has 0 aliphatic carbocycles. The summed E-state index contributed by atoms with van der Waals surface area (Å²) in [6, 6.07) is 10.9. The average molecular weight is 286 g/mol. The molecule has 0 unspecified atom stereocenters. The number of amidine groups is 1. The molecule has 3 rings (SSSR count). The van der Waals surface area contributed by atoms with Gasteiger partial charge in [0.25, 0.3) is 0 Å². The van der Waals surface area contributed by atoms with Crippen LogP contribution in [0.5, 0.6) is 0 Å². The minimum atomic E-state index is 0.316. The average Bonchev–Trinajstić information content (AvgIpc) is 3.03. The SMILES string of the molecule is CCCCCCC1=CN2C[C@H](c3ccccc3)N=C2S1. The molecule has 3 heteroatoms. The zero-order chi connectivity index (χ0) is 13.8. The molecule has 0 amide bonds. The van der Waals surface area contributed by atoms with E-state index in [1.165, 1.54) is 47.7 Å². The fourth-order valence-corrected chi connectivity index (χ4v) is 3.81. The van der Waals surface area contributed by atoms with Crippen LogP contribution in [-0.2, 0) is 0 Å². The number of unbranched alkanes of at least 4 members (excludes halogenated alkanes) is 3. The minimum absolute atomic E-state index is 0.316. The van der Waals surface area contributed by atoms with Crippen molar-refractivity contribution >= 4 is 16.9 Å². The van der Waals surface area contributed by atoms with Crippen LogP contribution in [0, 0.1) is 0 Å². The lowest BCUT2D eigenvalue weighted by Crippen LogP contribution is -2.16. The molecule has 2 heterocycles. The number of aliphatic imine (C=N–C) groups is 1. The highest BCUT2D eigenvalue weighted by atomic mass is 32.2. The van der Waals surface area contributed by atoms with Crippen molar-refractivity contribution in [2.45, 2.75) is 45.1 Å². The molecule has 0 saturated carbocycles. The van der Waals surface area contributed by atoms with Gasteiger partial charge in [-0.3, -0.25) is 4.99 Å². The zero-order valence-electron chi connectivity index (χ0n) is 12.1. The van der Waals surface area contributed by atoms with Gasteiger partial charge in [-0.05, 0) is 18.4 Å². The van der Waals surface area contributed by atoms with Crippen molar-refractivity contribution in [1.29, 1.82) is 0 Å². The summed E-state index contributed by atoms with van der Waals surface area (Å²) in [4.78, 5) is 8.69. The number of nitrogens with zero attached hydrogens (tertiary/aromatic N) is 2. The lowest BCUT2D eigenvalue weighted by atomic mass is 10.1. The van der Waals surface area contributed by atoms with E-state index in [0.717, 1.165) is 6.54 Å². The van der Waals surface area contributed by atoms with Crippen molar-refractivity contribution in [3.05, 3.63) is 47.0 Å². The van der Waals surface area contributed by atoms with Gasteiger partial charge >= 0.3 is 0 Å². The highest BCUT2D eigenvalue weighted by molar-refractivity contribution is 8.17. The molecule has 106 valence electrons. The summed E-state index contributed by atoms with van der Waals surface area (Å²) in [5.41, 5.74) is 1.33. The van der Waals surface area contributed by atoms with Gasteiger partial charge in [-0.1, -0.05) is 68.3 Å². The smallest absolute Gasteiger partial charge is 0.168 e. The standard InChI is InChI=1S/C17H22N2S/c1-2-3-4-8-11-15-12-19-13-16(18-17(19)20-15)14-9-6-5-7-10-14/h5-7,9-10,12,16H,2-4,8,11,13H2,1H3/t16-/m1/s1. The summed E-state index contributed by atoms with van der Waals surface area (Å²) in [5, 5.41) is 1.20. The molecule has 0 spiro atoms. The predicted octanol–water partition coefficient (Wildman–Crippen LogP) is 4.96. The van der Waals surface area contributed by atoms with Crippen molar-refractivity contribution in [1.82, 2.24) is 4.90 Å². The van der Waals surface area contributed by atoms with Crippen LogP contribution in [0.2, 0.25) is 0 Å². The number of fused-ring (bicyclic) bond motifs is 1. The fraction of sp³-hybridized carbons (Fsp3) is 0.471. The van der Waals surface area contributed by atoms with Crippen molar-refractivity contribution in [2.24, 2.45) is 4.99 Å². The lowest BCUT2D eigenvalue weighted by Gasteiger charge is -2.10. The first-order valence-corrected chi connectivity index (χ1v) is 8.46. The molecule has 0 bridgehead atoms. The van der Waals surface area contributed by atoms with E-state index in [9.17, 15) is 0 Å². The largest absolute Gasteiger partial charge is 0.324 e. The molecule has 0 aromatic heterocycles. The summed E-state index contributed by atoms with van der Waals surface area (Å²) in [7, 11) is 0. The van der Waals surface area contributed by atoms with Gasteiger partial charge in [-0.25, -0.2) is 0 Å². The van der Waals surface area contributed by atoms with Crippen LogP contribution in [0.1, 0.15) is 50.6 Å². The Balaban J connectivity index is 1.54. The Hall–Kier alpha value is -1.22. The number of thioether (sulfide) groups is 1. The summed E-state index contributed by atoms with van der Waals surface area (Å²) >= 11 is 1.87. The second-order valence-electron chi connectivity index (χ2n) is 5.50. The molecule has 2 aliphatic heterocycles. The molecule has 20 heavy (non-hydrogen) atoms. The number of hydrogen-bond donors (Lipinski definition) is 0. The highest BCUT2D eigenvalue weighted by Crippen LogP contribution is 2.39. The van der Waals surface area contributed by atoms with E-state index in [1.54, 1.807) is 0 Å². The van der Waals surface area contributed by atoms with E-state index in [0.29, 0.717) is 6.04 Å². The summed E-state index contributed by atoms with van der Waals surface area (Å²) in [6.45, 7) is 3.27. The van der Waals surface area contributed by atoms with Gasteiger partial charge in [0.15, 0.2) is 5.17 Å². The Morgan fingerprint density at radius 1 is 1.20 bits per heavy atom. The summed E-state index contributed by atoms with van der Waals surface area (Å²) in [6.07, 6.45) is 8.88. The molecule has 0 saturated heterocycles. The van der Waals surface area contributed by atoms with Crippen LogP contribution in [0.25, 0.3) is 0 Å². The minimum Gasteiger partial charge on any atom is -0.324 e. The van der Waals surface area contributed by atoms with E-state index >= 15 is 0 Å². The normalized spacial score (nSPS) is 20.9. The van der Waals surface area contributed by atoms with Gasteiger partial charge in [-0.15, -0.1) is 0 Å². The quantitative estimate of drug-likeness (QED) is 0.687. The third-order valence-electron chi connectivity index (χ3n) is 3.86. The van der Waals surface area contributed by atoms with E-state index < -0.39 is 0 Å².